The molecule has 1 fully saturated rings. The quantitative estimate of drug-likeness (QED) is 0.693. The molecule has 0 radical (unpaired) electrons. The summed E-state index contributed by atoms with van der Waals surface area (Å²) in [7, 11) is 0. The maximum Gasteiger partial charge on any atom is 0.167 e. The number of Topliss-reactive ketones (excluding diaryl/α,β-unsaturated/α-hetero) is 1. The Morgan fingerprint density at radius 3 is 2.13 bits per heavy atom. The average molecular weight is 222 g/mol. The van der Waals surface area contributed by atoms with Crippen LogP contribution in [-0.2, 0) is 0 Å². The van der Waals surface area contributed by atoms with Gasteiger partial charge in [0, 0.05) is 21.7 Å². The number of hydrogen-bond acceptors (Lipinski definition) is 2. The average Bonchev–Trinajstić information content (AvgIpc) is 2.49. The molecule has 0 spiro atoms. The number of thiophene rings is 1. The Balaban J connectivity index is 2.26. The fraction of sp³-hybridized carbons (Fsp3) is 0.615. The van der Waals surface area contributed by atoms with E-state index in [1.807, 2.05) is 18.4 Å². The van der Waals surface area contributed by atoms with Gasteiger partial charge in [0.2, 0.25) is 0 Å². The lowest BCUT2D eigenvalue weighted by Gasteiger charge is -2.03. The van der Waals surface area contributed by atoms with Crippen LogP contribution >= 0.6 is 11.3 Å². The van der Waals surface area contributed by atoms with E-state index in [0.29, 0.717) is 5.78 Å². The Morgan fingerprint density at radius 2 is 1.80 bits per heavy atom. The molecule has 1 aliphatic carbocycles. The van der Waals surface area contributed by atoms with E-state index >= 15 is 0 Å². The van der Waals surface area contributed by atoms with Crippen LogP contribution in [0.25, 0.3) is 0 Å². The van der Waals surface area contributed by atoms with Gasteiger partial charge in [0.15, 0.2) is 5.78 Å². The topological polar surface area (TPSA) is 17.1 Å². The lowest BCUT2D eigenvalue weighted by Crippen LogP contribution is -2.06. The molecule has 0 amide bonds. The molecule has 1 aromatic rings. The van der Waals surface area contributed by atoms with Gasteiger partial charge in [0.25, 0.3) is 0 Å². The lowest BCUT2D eigenvalue weighted by atomic mass is 10.0. The minimum atomic E-state index is 0.153. The third-order valence-corrected chi connectivity index (χ3v) is 5.16. The van der Waals surface area contributed by atoms with E-state index in [1.54, 1.807) is 11.3 Å². The molecule has 0 saturated heterocycles. The Labute approximate surface area is 95.5 Å². The normalized spacial score (nSPS) is 22.7. The Bertz CT molecular complexity index is 398. The molecule has 0 unspecified atom stereocenters. The molecule has 82 valence electrons. The van der Waals surface area contributed by atoms with E-state index < -0.39 is 0 Å². The second-order valence-corrected chi connectivity index (χ2v) is 6.80. The summed E-state index contributed by atoms with van der Waals surface area (Å²) in [6, 6.07) is 2.01. The van der Waals surface area contributed by atoms with Gasteiger partial charge >= 0.3 is 0 Å². The molecule has 1 nitrogen and oxygen atoms in total. The van der Waals surface area contributed by atoms with Gasteiger partial charge in [-0.1, -0.05) is 27.7 Å². The van der Waals surface area contributed by atoms with Crippen molar-refractivity contribution in [2.75, 3.05) is 0 Å². The Hall–Kier alpha value is -0.630. The van der Waals surface area contributed by atoms with Crippen LogP contribution in [0.3, 0.4) is 0 Å². The first-order valence-corrected chi connectivity index (χ1v) is 6.26. The molecule has 1 aliphatic rings. The second kappa shape index (κ2) is 2.94. The Kier molecular flexibility index (Phi) is 2.13. The SMILES string of the molecule is Cc1cc(C(=O)C2C(C)(C)C2(C)C)cs1. The highest BCUT2D eigenvalue weighted by molar-refractivity contribution is 7.10. The third-order valence-electron chi connectivity index (χ3n) is 4.30. The van der Waals surface area contributed by atoms with E-state index in [1.165, 1.54) is 4.88 Å². The van der Waals surface area contributed by atoms with Crippen LogP contribution in [0.15, 0.2) is 11.4 Å². The van der Waals surface area contributed by atoms with E-state index in [4.69, 9.17) is 0 Å². The zero-order chi connectivity index (χ0) is 11.4. The van der Waals surface area contributed by atoms with Crippen molar-refractivity contribution in [1.82, 2.24) is 0 Å². The van der Waals surface area contributed by atoms with Gasteiger partial charge in [-0.2, -0.15) is 0 Å². The number of carbonyl (C=O) groups is 1. The molecule has 0 aliphatic heterocycles. The number of rotatable bonds is 2. The monoisotopic (exact) mass is 222 g/mol. The van der Waals surface area contributed by atoms with Crippen molar-refractivity contribution in [3.05, 3.63) is 21.9 Å². The standard InChI is InChI=1S/C13H18OS/c1-8-6-9(7-15-8)10(14)11-12(2,3)13(11,4)5/h6-7,11H,1-5H3. The van der Waals surface area contributed by atoms with Gasteiger partial charge in [0.05, 0.1) is 0 Å². The van der Waals surface area contributed by atoms with Crippen molar-refractivity contribution in [1.29, 1.82) is 0 Å². The fourth-order valence-corrected chi connectivity index (χ4v) is 3.28. The van der Waals surface area contributed by atoms with Gasteiger partial charge in [-0.05, 0) is 23.8 Å². The van der Waals surface area contributed by atoms with E-state index in [2.05, 4.69) is 27.7 Å². The van der Waals surface area contributed by atoms with Crippen molar-refractivity contribution in [3.63, 3.8) is 0 Å². The number of carbonyl (C=O) groups excluding carboxylic acids is 1. The van der Waals surface area contributed by atoms with Crippen molar-refractivity contribution in [2.45, 2.75) is 34.6 Å². The van der Waals surface area contributed by atoms with Crippen molar-refractivity contribution >= 4 is 17.1 Å². The molecule has 0 aromatic carbocycles. The molecule has 0 atom stereocenters. The molecule has 2 rings (SSSR count). The molecular weight excluding hydrogens is 204 g/mol. The predicted octanol–water partition coefficient (Wildman–Crippen LogP) is 3.92. The molecule has 1 saturated carbocycles. The first kappa shape index (κ1) is 10.9. The van der Waals surface area contributed by atoms with Crippen LogP contribution in [0.5, 0.6) is 0 Å². The van der Waals surface area contributed by atoms with Crippen LogP contribution in [-0.4, -0.2) is 5.78 Å². The third kappa shape index (κ3) is 1.38. The summed E-state index contributed by atoms with van der Waals surface area (Å²) in [6.07, 6.45) is 0. The van der Waals surface area contributed by atoms with Crippen LogP contribution in [0.4, 0.5) is 0 Å². The van der Waals surface area contributed by atoms with Crippen LogP contribution in [0.1, 0.15) is 42.9 Å². The lowest BCUT2D eigenvalue weighted by molar-refractivity contribution is 0.0945. The highest BCUT2D eigenvalue weighted by atomic mass is 32.1. The molecule has 1 aromatic heterocycles. The molecule has 2 heteroatoms. The summed E-state index contributed by atoms with van der Waals surface area (Å²) in [5.74, 6) is 0.522. The highest BCUT2D eigenvalue weighted by Crippen LogP contribution is 2.69. The summed E-state index contributed by atoms with van der Waals surface area (Å²) >= 11 is 1.66. The van der Waals surface area contributed by atoms with Crippen LogP contribution in [0.2, 0.25) is 0 Å². The summed E-state index contributed by atoms with van der Waals surface area (Å²) in [5.41, 5.74) is 1.21. The Morgan fingerprint density at radius 1 is 1.27 bits per heavy atom. The van der Waals surface area contributed by atoms with Crippen molar-refractivity contribution in [2.24, 2.45) is 16.7 Å². The minimum absolute atomic E-state index is 0.153. The summed E-state index contributed by atoms with van der Waals surface area (Å²) in [5, 5.41) is 1.99. The van der Waals surface area contributed by atoms with Gasteiger partial charge in [-0.25, -0.2) is 0 Å². The molecule has 0 N–H and O–H groups in total. The number of hydrogen-bond donors (Lipinski definition) is 0. The fourth-order valence-electron chi connectivity index (χ4n) is 2.59. The smallest absolute Gasteiger partial charge is 0.167 e. The highest BCUT2D eigenvalue weighted by Gasteiger charge is 2.67. The van der Waals surface area contributed by atoms with E-state index in [9.17, 15) is 4.79 Å². The number of aryl methyl sites for hydroxylation is 1. The first-order chi connectivity index (χ1) is 6.78. The molecule has 1 heterocycles. The molecule has 0 bridgehead atoms. The van der Waals surface area contributed by atoms with E-state index in [0.717, 1.165) is 5.56 Å². The zero-order valence-corrected chi connectivity index (χ0v) is 10.9. The maximum atomic E-state index is 12.3. The van der Waals surface area contributed by atoms with Crippen molar-refractivity contribution in [3.8, 4) is 0 Å². The van der Waals surface area contributed by atoms with E-state index in [-0.39, 0.29) is 16.7 Å². The molecule has 15 heavy (non-hydrogen) atoms. The van der Waals surface area contributed by atoms with Gasteiger partial charge < -0.3 is 0 Å². The van der Waals surface area contributed by atoms with Crippen LogP contribution in [0, 0.1) is 23.7 Å². The van der Waals surface area contributed by atoms with Gasteiger partial charge in [-0.3, -0.25) is 4.79 Å². The minimum Gasteiger partial charge on any atom is -0.294 e. The summed E-state index contributed by atoms with van der Waals surface area (Å²) in [6.45, 7) is 10.8. The van der Waals surface area contributed by atoms with Crippen LogP contribution < -0.4 is 0 Å². The first-order valence-electron chi connectivity index (χ1n) is 5.38. The second-order valence-electron chi connectivity index (χ2n) is 5.69. The van der Waals surface area contributed by atoms with Gasteiger partial charge in [0.1, 0.15) is 0 Å². The largest absolute Gasteiger partial charge is 0.294 e. The summed E-state index contributed by atoms with van der Waals surface area (Å²) in [4.78, 5) is 13.5. The zero-order valence-electron chi connectivity index (χ0n) is 10.0. The van der Waals surface area contributed by atoms with Crippen molar-refractivity contribution < 1.29 is 4.79 Å². The summed E-state index contributed by atoms with van der Waals surface area (Å²) < 4.78 is 0. The predicted molar refractivity (Wildman–Crippen MR) is 64.4 cm³/mol. The number of ketones is 1. The van der Waals surface area contributed by atoms with Gasteiger partial charge in [-0.15, -0.1) is 11.3 Å². The molecular formula is C13H18OS. The maximum absolute atomic E-state index is 12.3.